The molecule has 0 radical (unpaired) electrons. The summed E-state index contributed by atoms with van der Waals surface area (Å²) in [7, 11) is 0. The fourth-order valence-electron chi connectivity index (χ4n) is 2.53. The van der Waals surface area contributed by atoms with Gasteiger partial charge in [0.25, 0.3) is 0 Å². The molecule has 2 unspecified atom stereocenters. The van der Waals surface area contributed by atoms with Gasteiger partial charge >= 0.3 is 6.18 Å². The number of piperidine rings is 1. The SMILES string of the molecule is FC(F)(F)c1cccc(C2=NC3CCNCC3N2)c1. The number of halogens is 3. The minimum absolute atomic E-state index is 0.172. The first-order chi connectivity index (χ1) is 9.04. The molecule has 0 spiro atoms. The molecule has 6 heteroatoms. The zero-order valence-corrected chi connectivity index (χ0v) is 10.2. The largest absolute Gasteiger partial charge is 0.416 e. The Labute approximate surface area is 108 Å². The van der Waals surface area contributed by atoms with E-state index in [-0.39, 0.29) is 12.1 Å². The van der Waals surface area contributed by atoms with Crippen molar-refractivity contribution in [1.82, 2.24) is 10.6 Å². The predicted octanol–water partition coefficient (Wildman–Crippen LogP) is 1.79. The summed E-state index contributed by atoms with van der Waals surface area (Å²) < 4.78 is 38.0. The van der Waals surface area contributed by atoms with Gasteiger partial charge in [-0.15, -0.1) is 0 Å². The highest BCUT2D eigenvalue weighted by molar-refractivity contribution is 6.00. The lowest BCUT2D eigenvalue weighted by Gasteiger charge is -2.24. The van der Waals surface area contributed by atoms with Gasteiger partial charge in [-0.1, -0.05) is 12.1 Å². The summed E-state index contributed by atoms with van der Waals surface area (Å²) in [4.78, 5) is 4.50. The fourth-order valence-corrected chi connectivity index (χ4v) is 2.53. The molecule has 2 aliphatic rings. The third-order valence-corrected chi connectivity index (χ3v) is 3.53. The van der Waals surface area contributed by atoms with Crippen LogP contribution in [0.3, 0.4) is 0 Å². The van der Waals surface area contributed by atoms with Gasteiger partial charge < -0.3 is 10.6 Å². The maximum absolute atomic E-state index is 12.7. The quantitative estimate of drug-likeness (QED) is 0.815. The van der Waals surface area contributed by atoms with Crippen molar-refractivity contribution >= 4 is 5.84 Å². The van der Waals surface area contributed by atoms with Crippen molar-refractivity contribution in [2.45, 2.75) is 24.7 Å². The topological polar surface area (TPSA) is 36.4 Å². The summed E-state index contributed by atoms with van der Waals surface area (Å²) >= 11 is 0. The number of hydrogen-bond donors (Lipinski definition) is 2. The van der Waals surface area contributed by atoms with Crippen LogP contribution in [0.5, 0.6) is 0 Å². The molecule has 1 fully saturated rings. The van der Waals surface area contributed by atoms with E-state index in [0.29, 0.717) is 11.4 Å². The minimum atomic E-state index is -4.32. The molecule has 3 nitrogen and oxygen atoms in total. The van der Waals surface area contributed by atoms with E-state index in [9.17, 15) is 13.2 Å². The smallest absolute Gasteiger partial charge is 0.364 e. The van der Waals surface area contributed by atoms with Crippen LogP contribution < -0.4 is 10.6 Å². The first-order valence-electron chi connectivity index (χ1n) is 6.27. The van der Waals surface area contributed by atoms with Gasteiger partial charge in [-0.3, -0.25) is 4.99 Å². The third kappa shape index (κ3) is 2.45. The summed E-state index contributed by atoms with van der Waals surface area (Å²) in [5.74, 6) is 0.574. The van der Waals surface area contributed by atoms with Crippen LogP contribution in [0.4, 0.5) is 13.2 Å². The van der Waals surface area contributed by atoms with Gasteiger partial charge in [0.05, 0.1) is 17.6 Å². The number of benzene rings is 1. The highest BCUT2D eigenvalue weighted by Gasteiger charge is 2.33. The summed E-state index contributed by atoms with van der Waals surface area (Å²) in [5.41, 5.74) is -0.133. The maximum atomic E-state index is 12.7. The Morgan fingerprint density at radius 2 is 2.11 bits per heavy atom. The van der Waals surface area contributed by atoms with Crippen LogP contribution in [-0.4, -0.2) is 31.0 Å². The number of fused-ring (bicyclic) bond motifs is 1. The van der Waals surface area contributed by atoms with Gasteiger partial charge in [-0.2, -0.15) is 13.2 Å². The van der Waals surface area contributed by atoms with Gasteiger partial charge in [0.2, 0.25) is 0 Å². The van der Waals surface area contributed by atoms with Crippen molar-refractivity contribution in [2.75, 3.05) is 13.1 Å². The molecule has 3 rings (SSSR count). The van der Waals surface area contributed by atoms with Crippen molar-refractivity contribution in [1.29, 1.82) is 0 Å². The molecule has 2 aliphatic heterocycles. The second-order valence-corrected chi connectivity index (χ2v) is 4.87. The van der Waals surface area contributed by atoms with Crippen molar-refractivity contribution in [2.24, 2.45) is 4.99 Å². The number of hydrogen-bond acceptors (Lipinski definition) is 3. The van der Waals surface area contributed by atoms with E-state index in [2.05, 4.69) is 15.6 Å². The molecule has 2 N–H and O–H groups in total. The lowest BCUT2D eigenvalue weighted by Crippen LogP contribution is -2.48. The van der Waals surface area contributed by atoms with Crippen molar-refractivity contribution in [3.8, 4) is 0 Å². The van der Waals surface area contributed by atoms with E-state index in [1.807, 2.05) is 0 Å². The molecule has 0 bridgehead atoms. The number of aliphatic imine (C=N–C) groups is 1. The standard InChI is InChI=1S/C13H14F3N3/c14-13(15,16)9-3-1-2-8(6-9)12-18-10-4-5-17-7-11(10)19-12/h1-3,6,10-11,17H,4-5,7H2,(H,18,19). The second-order valence-electron chi connectivity index (χ2n) is 4.87. The molecule has 1 aromatic rings. The second kappa shape index (κ2) is 4.52. The van der Waals surface area contributed by atoms with Gasteiger partial charge in [-0.25, -0.2) is 0 Å². The molecule has 1 aromatic carbocycles. The van der Waals surface area contributed by atoms with Gasteiger partial charge in [0.15, 0.2) is 0 Å². The fraction of sp³-hybridized carbons (Fsp3) is 0.462. The summed E-state index contributed by atoms with van der Waals surface area (Å²) in [6, 6.07) is 5.67. The summed E-state index contributed by atoms with van der Waals surface area (Å²) in [5, 5.41) is 6.46. The Morgan fingerprint density at radius 1 is 1.26 bits per heavy atom. The normalized spacial score (nSPS) is 26.6. The van der Waals surface area contributed by atoms with E-state index < -0.39 is 11.7 Å². The van der Waals surface area contributed by atoms with E-state index in [1.165, 1.54) is 6.07 Å². The lowest BCUT2D eigenvalue weighted by atomic mass is 10.0. The zero-order valence-electron chi connectivity index (χ0n) is 10.2. The first kappa shape index (κ1) is 12.5. The predicted molar refractivity (Wildman–Crippen MR) is 66.2 cm³/mol. The molecule has 0 aliphatic carbocycles. The van der Waals surface area contributed by atoms with Crippen LogP contribution in [0.2, 0.25) is 0 Å². The van der Waals surface area contributed by atoms with Crippen molar-refractivity contribution < 1.29 is 13.2 Å². The Kier molecular flexibility index (Phi) is 2.97. The Balaban J connectivity index is 1.87. The maximum Gasteiger partial charge on any atom is 0.416 e. The Morgan fingerprint density at radius 3 is 2.84 bits per heavy atom. The monoisotopic (exact) mass is 269 g/mol. The molecule has 1 saturated heterocycles. The average molecular weight is 269 g/mol. The number of alkyl halides is 3. The summed E-state index contributed by atoms with van der Waals surface area (Å²) in [6.07, 6.45) is -3.40. The van der Waals surface area contributed by atoms with Crippen LogP contribution in [-0.2, 0) is 6.18 Å². The van der Waals surface area contributed by atoms with Crippen molar-refractivity contribution in [3.63, 3.8) is 0 Å². The number of nitrogens with zero attached hydrogens (tertiary/aromatic N) is 1. The van der Waals surface area contributed by atoms with Crippen LogP contribution in [0, 0.1) is 0 Å². The van der Waals surface area contributed by atoms with Gasteiger partial charge in [0, 0.05) is 12.1 Å². The van der Waals surface area contributed by atoms with E-state index >= 15 is 0 Å². The number of amidine groups is 1. The van der Waals surface area contributed by atoms with Crippen LogP contribution in [0.15, 0.2) is 29.3 Å². The molecule has 0 amide bonds. The highest BCUT2D eigenvalue weighted by Crippen LogP contribution is 2.30. The Bertz CT molecular complexity index is 510. The van der Waals surface area contributed by atoms with Gasteiger partial charge in [0.1, 0.15) is 5.84 Å². The van der Waals surface area contributed by atoms with E-state index in [4.69, 9.17) is 0 Å². The molecule has 0 aromatic heterocycles. The van der Waals surface area contributed by atoms with Gasteiger partial charge in [-0.05, 0) is 25.1 Å². The first-order valence-corrected chi connectivity index (χ1v) is 6.27. The third-order valence-electron chi connectivity index (χ3n) is 3.53. The number of rotatable bonds is 1. The Hall–Kier alpha value is -1.56. The van der Waals surface area contributed by atoms with E-state index in [0.717, 1.165) is 31.6 Å². The molecule has 2 atom stereocenters. The van der Waals surface area contributed by atoms with Crippen LogP contribution >= 0.6 is 0 Å². The molecule has 0 saturated carbocycles. The summed E-state index contributed by atoms with van der Waals surface area (Å²) in [6.45, 7) is 1.71. The zero-order chi connectivity index (χ0) is 13.5. The minimum Gasteiger partial charge on any atom is -0.364 e. The molecular formula is C13H14F3N3. The molecule has 102 valence electrons. The van der Waals surface area contributed by atoms with Crippen LogP contribution in [0.25, 0.3) is 0 Å². The van der Waals surface area contributed by atoms with Crippen molar-refractivity contribution in [3.05, 3.63) is 35.4 Å². The highest BCUT2D eigenvalue weighted by atomic mass is 19.4. The molecule has 19 heavy (non-hydrogen) atoms. The van der Waals surface area contributed by atoms with E-state index in [1.54, 1.807) is 6.07 Å². The molecule has 2 heterocycles. The van der Waals surface area contributed by atoms with Crippen LogP contribution in [0.1, 0.15) is 17.5 Å². The lowest BCUT2D eigenvalue weighted by molar-refractivity contribution is -0.137. The molecular weight excluding hydrogens is 255 g/mol. The number of nitrogens with one attached hydrogen (secondary N) is 2. The average Bonchev–Trinajstić information content (AvgIpc) is 2.81.